The van der Waals surface area contributed by atoms with E-state index < -0.39 is 6.04 Å². The molecule has 0 aromatic carbocycles. The van der Waals surface area contributed by atoms with Gasteiger partial charge in [-0.2, -0.15) is 0 Å². The Bertz CT molecular complexity index is 459. The van der Waals surface area contributed by atoms with Crippen molar-refractivity contribution in [3.05, 3.63) is 22.4 Å². The van der Waals surface area contributed by atoms with Crippen molar-refractivity contribution in [3.8, 4) is 0 Å². The average Bonchev–Trinajstić information content (AvgIpc) is 2.96. The van der Waals surface area contributed by atoms with Gasteiger partial charge in [0.15, 0.2) is 7.98 Å². The van der Waals surface area contributed by atoms with Crippen molar-refractivity contribution >= 4 is 46.1 Å². The van der Waals surface area contributed by atoms with Crippen molar-refractivity contribution < 1.29 is 9.59 Å². The highest BCUT2D eigenvalue weighted by Crippen LogP contribution is 2.22. The minimum absolute atomic E-state index is 0.00796. The summed E-state index contributed by atoms with van der Waals surface area (Å²) in [6.45, 7) is 3.26. The lowest BCUT2D eigenvalue weighted by Crippen LogP contribution is -2.56. The molecular formula is C12H17B3N3O2S. The van der Waals surface area contributed by atoms with E-state index in [1.165, 1.54) is 25.6 Å². The third-order valence-corrected chi connectivity index (χ3v) is 4.00. The summed E-state index contributed by atoms with van der Waals surface area (Å²) in [6.07, 6.45) is 0.246. The van der Waals surface area contributed by atoms with E-state index in [-0.39, 0.29) is 30.2 Å². The first-order chi connectivity index (χ1) is 9.99. The van der Waals surface area contributed by atoms with Crippen LogP contribution in [0.4, 0.5) is 0 Å². The van der Waals surface area contributed by atoms with Gasteiger partial charge in [-0.3, -0.25) is 9.59 Å². The van der Waals surface area contributed by atoms with Gasteiger partial charge in [0.1, 0.15) is 13.1 Å². The summed E-state index contributed by atoms with van der Waals surface area (Å²) in [5.41, 5.74) is 0. The van der Waals surface area contributed by atoms with E-state index >= 15 is 0 Å². The van der Waals surface area contributed by atoms with Crippen LogP contribution in [-0.4, -0.2) is 46.8 Å². The molecule has 0 bridgehead atoms. The lowest BCUT2D eigenvalue weighted by molar-refractivity contribution is -0.124. The van der Waals surface area contributed by atoms with Crippen LogP contribution in [0.3, 0.4) is 0 Å². The molecule has 3 atom stereocenters. The Balaban J connectivity index is 2.80. The summed E-state index contributed by atoms with van der Waals surface area (Å²) < 4.78 is 0. The molecule has 1 amide bonds. The van der Waals surface area contributed by atoms with E-state index in [1.54, 1.807) is 6.92 Å². The molecule has 0 saturated carbocycles. The summed E-state index contributed by atoms with van der Waals surface area (Å²) in [5, 5.41) is 10.0. The lowest BCUT2D eigenvalue weighted by Gasteiger charge is -2.26. The molecule has 9 heteroatoms. The number of hydrogen-bond donors (Lipinski definition) is 3. The zero-order valence-corrected chi connectivity index (χ0v) is 12.9. The molecule has 0 spiro atoms. The quantitative estimate of drug-likeness (QED) is 0.543. The van der Waals surface area contributed by atoms with Gasteiger partial charge in [0.05, 0.1) is 12.1 Å². The second-order valence-corrected chi connectivity index (χ2v) is 5.73. The molecule has 1 aromatic rings. The first-order valence-electron chi connectivity index (χ1n) is 6.58. The second kappa shape index (κ2) is 9.07. The van der Waals surface area contributed by atoms with Crippen molar-refractivity contribution in [1.82, 2.24) is 15.8 Å². The zero-order valence-electron chi connectivity index (χ0n) is 12.1. The summed E-state index contributed by atoms with van der Waals surface area (Å²) in [6, 6.07) is 2.47. The van der Waals surface area contributed by atoms with Gasteiger partial charge >= 0.3 is 0 Å². The average molecular weight is 300 g/mol. The van der Waals surface area contributed by atoms with Crippen LogP contribution < -0.4 is 15.8 Å². The standard InChI is InChI=1S/C12H17B3N3O2S/c1-7(19)6-9(10-4-3-5-21-10)16-12(20)11(18-15-13)8(2)17-14/h3-5,8-9,11,17-18H,6H2,1-2H3,(H,16,20)/t8-,9-,11-/m0/s1. The predicted octanol–water partition coefficient (Wildman–Crippen LogP) is -0.393. The van der Waals surface area contributed by atoms with Gasteiger partial charge in [-0.05, 0) is 25.3 Å². The summed E-state index contributed by atoms with van der Waals surface area (Å²) >= 11 is 1.49. The molecule has 0 saturated heterocycles. The van der Waals surface area contributed by atoms with Crippen molar-refractivity contribution in [2.24, 2.45) is 0 Å². The van der Waals surface area contributed by atoms with Crippen LogP contribution in [0.25, 0.3) is 0 Å². The van der Waals surface area contributed by atoms with Gasteiger partial charge in [-0.25, -0.2) is 0 Å². The molecule has 0 fully saturated rings. The van der Waals surface area contributed by atoms with Gasteiger partial charge < -0.3 is 15.8 Å². The molecule has 5 nitrogen and oxygen atoms in total. The second-order valence-electron chi connectivity index (χ2n) is 4.75. The summed E-state index contributed by atoms with van der Waals surface area (Å²) in [7, 11) is 11.9. The molecule has 5 radical (unpaired) electrons. The van der Waals surface area contributed by atoms with Gasteiger partial charge in [0.2, 0.25) is 5.91 Å². The van der Waals surface area contributed by atoms with Crippen LogP contribution in [0.2, 0.25) is 0 Å². The number of carbonyl (C=O) groups excluding carboxylic acids is 2. The Morgan fingerprint density at radius 3 is 2.67 bits per heavy atom. The van der Waals surface area contributed by atoms with E-state index in [0.29, 0.717) is 0 Å². The molecule has 1 rings (SSSR count). The molecule has 0 aliphatic rings. The van der Waals surface area contributed by atoms with E-state index in [0.717, 1.165) is 4.88 Å². The molecule has 107 valence electrons. The molecular weight excluding hydrogens is 283 g/mol. The number of hydrogen-bond acceptors (Lipinski definition) is 5. The Kier molecular flexibility index (Phi) is 7.78. The largest absolute Gasteiger partial charge is 0.362 e. The zero-order chi connectivity index (χ0) is 15.8. The molecule has 0 unspecified atom stereocenters. The fourth-order valence-electron chi connectivity index (χ4n) is 1.91. The van der Waals surface area contributed by atoms with Crippen LogP contribution in [0.5, 0.6) is 0 Å². The normalized spacial score (nSPS) is 15.0. The molecule has 1 heterocycles. The minimum atomic E-state index is -0.630. The summed E-state index contributed by atoms with van der Waals surface area (Å²) in [4.78, 5) is 24.7. The van der Waals surface area contributed by atoms with Gasteiger partial charge in [-0.15, -0.1) is 11.3 Å². The number of nitrogens with one attached hydrogen (secondary N) is 3. The van der Waals surface area contributed by atoms with Gasteiger partial charge in [-0.1, -0.05) is 6.07 Å². The lowest BCUT2D eigenvalue weighted by atomic mass is 9.66. The van der Waals surface area contributed by atoms with E-state index in [9.17, 15) is 9.59 Å². The maximum atomic E-state index is 12.4. The van der Waals surface area contributed by atoms with Crippen LogP contribution in [0.15, 0.2) is 17.5 Å². The number of ketones is 1. The van der Waals surface area contributed by atoms with E-state index in [4.69, 9.17) is 15.7 Å². The maximum absolute atomic E-state index is 12.4. The van der Waals surface area contributed by atoms with Gasteiger partial charge in [0, 0.05) is 25.1 Å². The van der Waals surface area contributed by atoms with Crippen LogP contribution in [0, 0.1) is 0 Å². The SMILES string of the molecule is [B][B]N[C@H](C(=O)N[C@@H](CC(C)=O)c1cccs1)[C@H](C)N[B]. The fraction of sp³-hybridized carbons (Fsp3) is 0.500. The van der Waals surface area contributed by atoms with Crippen LogP contribution >= 0.6 is 11.3 Å². The Labute approximate surface area is 132 Å². The third kappa shape index (κ3) is 5.69. The molecule has 0 aliphatic heterocycles. The first-order valence-corrected chi connectivity index (χ1v) is 7.46. The molecule has 0 aliphatic carbocycles. The monoisotopic (exact) mass is 300 g/mol. The van der Waals surface area contributed by atoms with Crippen molar-refractivity contribution in [1.29, 1.82) is 0 Å². The number of rotatable bonds is 9. The highest BCUT2D eigenvalue weighted by molar-refractivity contribution is 7.10. The van der Waals surface area contributed by atoms with Crippen molar-refractivity contribution in [2.45, 2.75) is 38.4 Å². The van der Waals surface area contributed by atoms with Crippen LogP contribution in [0.1, 0.15) is 31.2 Å². The van der Waals surface area contributed by atoms with Gasteiger partial charge in [0.25, 0.3) is 0 Å². The highest BCUT2D eigenvalue weighted by Gasteiger charge is 2.26. The highest BCUT2D eigenvalue weighted by atomic mass is 32.1. The Morgan fingerprint density at radius 2 is 2.19 bits per heavy atom. The smallest absolute Gasteiger partial charge is 0.238 e. The molecule has 21 heavy (non-hydrogen) atoms. The first kappa shape index (κ1) is 18.0. The van der Waals surface area contributed by atoms with E-state index in [1.807, 2.05) is 17.5 Å². The van der Waals surface area contributed by atoms with Crippen LogP contribution in [-0.2, 0) is 9.59 Å². The number of thiophene rings is 1. The Hall–Kier alpha value is -1.05. The van der Waals surface area contributed by atoms with E-state index in [2.05, 4.69) is 15.8 Å². The molecule has 1 aromatic heterocycles. The number of amides is 1. The maximum Gasteiger partial charge on any atom is 0.238 e. The minimum Gasteiger partial charge on any atom is -0.362 e. The number of Topliss-reactive ketones (excluding diaryl/α,β-unsaturated/α-hetero) is 1. The van der Waals surface area contributed by atoms with Crippen molar-refractivity contribution in [3.63, 3.8) is 0 Å². The third-order valence-electron chi connectivity index (χ3n) is 3.02. The number of carbonyl (C=O) groups is 2. The van der Waals surface area contributed by atoms with Crippen molar-refractivity contribution in [2.75, 3.05) is 0 Å². The summed E-state index contributed by atoms with van der Waals surface area (Å²) in [5.74, 6) is -0.268. The fourth-order valence-corrected chi connectivity index (χ4v) is 2.69. The topological polar surface area (TPSA) is 70.2 Å². The molecule has 3 N–H and O–H groups in total. The Morgan fingerprint density at radius 1 is 1.48 bits per heavy atom. The predicted molar refractivity (Wildman–Crippen MR) is 87.3 cm³/mol.